The molecule has 1 heterocycles. The van der Waals surface area contributed by atoms with Crippen molar-refractivity contribution in [2.45, 2.75) is 37.4 Å². The first-order chi connectivity index (χ1) is 16.0. The van der Waals surface area contributed by atoms with Gasteiger partial charge in [-0.05, 0) is 62.3 Å². The second-order valence-corrected chi connectivity index (χ2v) is 9.29. The molecule has 0 bridgehead atoms. The monoisotopic (exact) mass is 519 g/mol. The van der Waals surface area contributed by atoms with Crippen molar-refractivity contribution < 1.29 is 22.4 Å². The molecule has 1 saturated heterocycles. The van der Waals surface area contributed by atoms with E-state index in [1.165, 1.54) is 6.07 Å². The van der Waals surface area contributed by atoms with Crippen LogP contribution in [0.1, 0.15) is 36.3 Å². The summed E-state index contributed by atoms with van der Waals surface area (Å²) >= 11 is 12.3. The van der Waals surface area contributed by atoms with Gasteiger partial charge in [0.1, 0.15) is 5.82 Å². The lowest BCUT2D eigenvalue weighted by atomic mass is 9.93. The number of carbonyl (C=O) groups excluding carboxylic acids is 1. The lowest BCUT2D eigenvalue weighted by molar-refractivity contribution is -0.140. The van der Waals surface area contributed by atoms with Gasteiger partial charge in [-0.3, -0.25) is 4.79 Å². The zero-order valence-corrected chi connectivity index (χ0v) is 20.4. The smallest absolute Gasteiger partial charge is 0.369 e. The van der Waals surface area contributed by atoms with Crippen LogP contribution in [-0.2, 0) is 11.0 Å². The van der Waals surface area contributed by atoms with E-state index < -0.39 is 17.6 Å². The Morgan fingerprint density at radius 2 is 1.85 bits per heavy atom. The maximum absolute atomic E-state index is 14.3. The van der Waals surface area contributed by atoms with E-state index in [0.717, 1.165) is 37.1 Å². The zero-order valence-electron chi connectivity index (χ0n) is 18.9. The average Bonchev–Trinajstić information content (AvgIpc) is 3.22. The van der Waals surface area contributed by atoms with E-state index >= 15 is 0 Å². The summed E-state index contributed by atoms with van der Waals surface area (Å²) in [7, 11) is 3.55. The molecular weight excluding hydrogens is 493 g/mol. The Labute approximate surface area is 206 Å². The summed E-state index contributed by atoms with van der Waals surface area (Å²) in [6, 6.07) is 7.83. The summed E-state index contributed by atoms with van der Waals surface area (Å²) in [5.74, 6) is -1.51. The van der Waals surface area contributed by atoms with Gasteiger partial charge in [0.05, 0.1) is 21.7 Å². The largest absolute Gasteiger partial charge is 0.419 e. The Hall–Kier alpha value is -2.03. The molecule has 0 radical (unpaired) electrons. The van der Waals surface area contributed by atoms with Crippen LogP contribution in [-0.4, -0.2) is 50.6 Å². The fourth-order valence-electron chi connectivity index (χ4n) is 4.33. The molecular formula is C24H27Cl2F4N3O. The van der Waals surface area contributed by atoms with Crippen molar-refractivity contribution >= 4 is 34.8 Å². The number of nitrogens with zero attached hydrogens (tertiary/aromatic N) is 2. The van der Waals surface area contributed by atoms with Gasteiger partial charge in [-0.15, -0.1) is 0 Å². The van der Waals surface area contributed by atoms with Gasteiger partial charge in [0, 0.05) is 38.2 Å². The number of hydrogen-bond donors (Lipinski definition) is 1. The first kappa shape index (κ1) is 26.6. The van der Waals surface area contributed by atoms with Crippen LogP contribution in [0, 0.1) is 5.82 Å². The van der Waals surface area contributed by atoms with Crippen LogP contribution in [0.3, 0.4) is 0 Å². The fourth-order valence-corrected chi connectivity index (χ4v) is 4.64. The third-order valence-corrected chi connectivity index (χ3v) is 6.98. The number of halogens is 6. The molecule has 1 aliphatic rings. The fraction of sp³-hybridized carbons (Fsp3) is 0.458. The number of carbonyl (C=O) groups is 1. The third-order valence-electron chi connectivity index (χ3n) is 6.24. The molecule has 1 N–H and O–H groups in total. The second kappa shape index (κ2) is 11.1. The van der Waals surface area contributed by atoms with E-state index in [2.05, 4.69) is 5.32 Å². The average molecular weight is 520 g/mol. The highest BCUT2D eigenvalue weighted by Crippen LogP contribution is 2.38. The number of unbranched alkanes of at least 4 members (excludes halogenated alkanes) is 1. The molecule has 1 aliphatic heterocycles. The highest BCUT2D eigenvalue weighted by molar-refractivity contribution is 6.42. The number of anilines is 1. The van der Waals surface area contributed by atoms with E-state index in [1.807, 2.05) is 13.1 Å². The molecule has 4 nitrogen and oxygen atoms in total. The molecule has 0 aliphatic carbocycles. The lowest BCUT2D eigenvalue weighted by Crippen LogP contribution is -2.38. The number of hydrogen-bond acceptors (Lipinski definition) is 3. The van der Waals surface area contributed by atoms with Crippen molar-refractivity contribution in [1.29, 1.82) is 0 Å². The highest BCUT2D eigenvalue weighted by atomic mass is 35.5. The summed E-state index contributed by atoms with van der Waals surface area (Å²) in [4.78, 5) is 16.4. The Morgan fingerprint density at radius 1 is 1.12 bits per heavy atom. The van der Waals surface area contributed by atoms with Crippen molar-refractivity contribution in [2.75, 3.05) is 38.6 Å². The predicted octanol–water partition coefficient (Wildman–Crippen LogP) is 5.97. The van der Waals surface area contributed by atoms with E-state index in [4.69, 9.17) is 23.2 Å². The van der Waals surface area contributed by atoms with Crippen LogP contribution in [0.15, 0.2) is 36.4 Å². The van der Waals surface area contributed by atoms with Crippen molar-refractivity contribution in [3.8, 4) is 0 Å². The van der Waals surface area contributed by atoms with Crippen LogP contribution in [0.4, 0.5) is 23.2 Å². The van der Waals surface area contributed by atoms with E-state index in [9.17, 15) is 22.4 Å². The van der Waals surface area contributed by atoms with E-state index in [-0.39, 0.29) is 17.9 Å². The van der Waals surface area contributed by atoms with Gasteiger partial charge in [0.2, 0.25) is 5.91 Å². The van der Waals surface area contributed by atoms with Crippen molar-refractivity contribution in [2.24, 2.45) is 0 Å². The summed E-state index contributed by atoms with van der Waals surface area (Å²) in [5.41, 5.74) is -0.163. The van der Waals surface area contributed by atoms with Crippen LogP contribution < -0.4 is 10.2 Å². The summed E-state index contributed by atoms with van der Waals surface area (Å²) < 4.78 is 53.3. The second-order valence-electron chi connectivity index (χ2n) is 8.48. The molecule has 0 saturated carbocycles. The molecule has 186 valence electrons. The summed E-state index contributed by atoms with van der Waals surface area (Å²) in [5, 5.41) is 3.82. The summed E-state index contributed by atoms with van der Waals surface area (Å²) in [6.45, 7) is 1.60. The first-order valence-electron chi connectivity index (χ1n) is 11.0. The maximum Gasteiger partial charge on any atom is 0.419 e. The first-order valence-corrected chi connectivity index (χ1v) is 11.8. The van der Waals surface area contributed by atoms with Gasteiger partial charge in [-0.25, -0.2) is 4.39 Å². The number of benzene rings is 2. The van der Waals surface area contributed by atoms with Gasteiger partial charge < -0.3 is 15.1 Å². The maximum atomic E-state index is 14.3. The molecule has 2 atom stereocenters. The van der Waals surface area contributed by atoms with Crippen LogP contribution in [0.5, 0.6) is 0 Å². The lowest BCUT2D eigenvalue weighted by Gasteiger charge is -2.31. The number of nitrogens with one attached hydrogen (secondary N) is 1. The van der Waals surface area contributed by atoms with E-state index in [0.29, 0.717) is 35.2 Å². The van der Waals surface area contributed by atoms with Gasteiger partial charge in [-0.1, -0.05) is 29.3 Å². The third kappa shape index (κ3) is 6.15. The van der Waals surface area contributed by atoms with Crippen LogP contribution in [0.2, 0.25) is 10.0 Å². The molecule has 0 aromatic heterocycles. The summed E-state index contributed by atoms with van der Waals surface area (Å²) in [6.07, 6.45) is -2.74. The van der Waals surface area contributed by atoms with Crippen molar-refractivity contribution in [3.63, 3.8) is 0 Å². The molecule has 2 aromatic rings. The predicted molar refractivity (Wildman–Crippen MR) is 127 cm³/mol. The molecule has 34 heavy (non-hydrogen) atoms. The van der Waals surface area contributed by atoms with Gasteiger partial charge >= 0.3 is 6.18 Å². The van der Waals surface area contributed by atoms with Crippen molar-refractivity contribution in [3.05, 3.63) is 63.4 Å². The number of rotatable bonds is 8. The molecule has 0 spiro atoms. The van der Waals surface area contributed by atoms with Crippen LogP contribution in [0.25, 0.3) is 0 Å². The topological polar surface area (TPSA) is 35.6 Å². The zero-order chi connectivity index (χ0) is 25.0. The standard InChI is InChI=1S/C24H27Cl2F4N3O/c1-31-10-4-3-5-23(34)33-13-17(15-6-9-19(25)20(26)11-15)22(14-33)32(2)16-7-8-18(21(27)12-16)24(28,29)30/h6-9,11-12,17,22,31H,3-5,10,13-14H2,1-2H3/t17-,22-/m1/s1. The Bertz CT molecular complexity index is 1020. The Kier molecular flexibility index (Phi) is 8.71. The van der Waals surface area contributed by atoms with Gasteiger partial charge in [0.25, 0.3) is 0 Å². The molecule has 3 rings (SSSR count). The minimum atomic E-state index is -4.77. The van der Waals surface area contributed by atoms with Gasteiger partial charge in [0.15, 0.2) is 0 Å². The Morgan fingerprint density at radius 3 is 2.47 bits per heavy atom. The van der Waals surface area contributed by atoms with Gasteiger partial charge in [-0.2, -0.15) is 13.2 Å². The minimum Gasteiger partial charge on any atom is -0.369 e. The minimum absolute atomic E-state index is 0.00987. The molecule has 1 fully saturated rings. The normalized spacial score (nSPS) is 18.4. The Balaban J connectivity index is 1.87. The molecule has 1 amide bonds. The molecule has 0 unspecified atom stereocenters. The number of likely N-dealkylation sites (N-methyl/N-ethyl adjacent to an activating group) is 1. The SMILES string of the molecule is CNCCCCC(=O)N1C[C@H](c2ccc(Cl)c(Cl)c2)[C@H](N(C)c2ccc(C(F)(F)F)c(F)c2)C1. The molecule has 10 heteroatoms. The van der Waals surface area contributed by atoms with Crippen LogP contribution >= 0.6 is 23.2 Å². The van der Waals surface area contributed by atoms with Crippen molar-refractivity contribution in [1.82, 2.24) is 10.2 Å². The number of alkyl halides is 3. The van der Waals surface area contributed by atoms with E-state index in [1.54, 1.807) is 29.0 Å². The number of likely N-dealkylation sites (tertiary alicyclic amines) is 1. The highest BCUT2D eigenvalue weighted by Gasteiger charge is 2.39. The quantitative estimate of drug-likeness (QED) is 0.344. The molecule has 2 aromatic carbocycles. The number of amides is 1.